The number of pyridine rings is 1. The van der Waals surface area contributed by atoms with E-state index >= 15 is 0 Å². The van der Waals surface area contributed by atoms with Crippen LogP contribution in [0.3, 0.4) is 0 Å². The highest BCUT2D eigenvalue weighted by Crippen LogP contribution is 2.31. The van der Waals surface area contributed by atoms with E-state index in [4.69, 9.17) is 16.9 Å². The lowest BCUT2D eigenvalue weighted by Gasteiger charge is -2.07. The first kappa shape index (κ1) is 17.8. The molecular weight excluding hydrogens is 369 g/mol. The summed E-state index contributed by atoms with van der Waals surface area (Å²) in [5.41, 5.74) is 0.0502. The van der Waals surface area contributed by atoms with E-state index in [1.165, 1.54) is 23.2 Å². The van der Waals surface area contributed by atoms with Gasteiger partial charge in [0.25, 0.3) is 0 Å². The highest BCUT2D eigenvalue weighted by atomic mass is 35.5. The molecule has 0 bridgehead atoms. The highest BCUT2D eigenvalue weighted by Gasteiger charge is 2.35. The Labute approximate surface area is 150 Å². The van der Waals surface area contributed by atoms with E-state index in [0.29, 0.717) is 16.1 Å². The van der Waals surface area contributed by atoms with Crippen LogP contribution in [0.4, 0.5) is 13.2 Å². The van der Waals surface area contributed by atoms with Gasteiger partial charge in [0.15, 0.2) is 5.69 Å². The van der Waals surface area contributed by atoms with E-state index in [9.17, 15) is 13.2 Å². The van der Waals surface area contributed by atoms with Gasteiger partial charge in [0.2, 0.25) is 0 Å². The fraction of sp³-hybridized carbons (Fsp3) is 0.188. The van der Waals surface area contributed by atoms with Crippen molar-refractivity contribution < 1.29 is 13.2 Å². The third-order valence-corrected chi connectivity index (χ3v) is 3.69. The number of halogens is 4. The van der Waals surface area contributed by atoms with E-state index in [-0.39, 0.29) is 23.9 Å². The van der Waals surface area contributed by atoms with Crippen molar-refractivity contribution in [1.82, 2.24) is 24.5 Å². The van der Waals surface area contributed by atoms with Gasteiger partial charge in [-0.15, -0.1) is 0 Å². The van der Waals surface area contributed by atoms with Crippen molar-refractivity contribution in [2.75, 3.05) is 0 Å². The second kappa shape index (κ2) is 6.72. The quantitative estimate of drug-likeness (QED) is 0.695. The molecule has 0 saturated carbocycles. The Morgan fingerprint density at radius 3 is 2.46 bits per heavy atom. The first-order chi connectivity index (χ1) is 12.3. The van der Waals surface area contributed by atoms with Gasteiger partial charge in [0.05, 0.1) is 11.6 Å². The Morgan fingerprint density at radius 1 is 1.19 bits per heavy atom. The SMILES string of the molecule is Cc1cc(-c2nc(C(F)(F)F)cn2Cc2ncc(Cl)cn2)cnc1C#N. The normalized spacial score (nSPS) is 11.4. The lowest BCUT2D eigenvalue weighted by atomic mass is 10.1. The summed E-state index contributed by atoms with van der Waals surface area (Å²) in [7, 11) is 0. The molecule has 3 rings (SSSR count). The molecule has 0 fully saturated rings. The zero-order valence-corrected chi connectivity index (χ0v) is 14.0. The smallest absolute Gasteiger partial charge is 0.323 e. The van der Waals surface area contributed by atoms with Crippen LogP contribution in [0.15, 0.2) is 30.9 Å². The molecule has 26 heavy (non-hydrogen) atoms. The molecule has 3 heterocycles. The molecule has 132 valence electrons. The largest absolute Gasteiger partial charge is 0.434 e. The second-order valence-electron chi connectivity index (χ2n) is 5.39. The topological polar surface area (TPSA) is 80.3 Å². The Bertz CT molecular complexity index is 989. The number of nitriles is 1. The standard InChI is InChI=1S/C16H10ClF3N6/c1-9-2-10(4-22-12(9)3-21)15-25-13(16(18,19)20)7-26(15)8-14-23-5-11(17)6-24-14/h2,4-7H,8H2,1H3. The average molecular weight is 379 g/mol. The summed E-state index contributed by atoms with van der Waals surface area (Å²) in [5, 5.41) is 9.27. The summed E-state index contributed by atoms with van der Waals surface area (Å²) >= 11 is 5.72. The summed E-state index contributed by atoms with van der Waals surface area (Å²) in [6, 6.07) is 3.48. The summed E-state index contributed by atoms with van der Waals surface area (Å²) in [4.78, 5) is 15.6. The summed E-state index contributed by atoms with van der Waals surface area (Å²) in [6.45, 7) is 1.62. The molecule has 3 aromatic rings. The molecule has 0 aliphatic carbocycles. The minimum atomic E-state index is -4.60. The van der Waals surface area contributed by atoms with E-state index in [2.05, 4.69) is 19.9 Å². The number of imidazole rings is 1. The van der Waals surface area contributed by atoms with Crippen LogP contribution in [0, 0.1) is 18.3 Å². The number of alkyl halides is 3. The van der Waals surface area contributed by atoms with Crippen LogP contribution >= 0.6 is 11.6 Å². The van der Waals surface area contributed by atoms with E-state index in [0.717, 1.165) is 6.20 Å². The van der Waals surface area contributed by atoms with Crippen molar-refractivity contribution in [2.24, 2.45) is 0 Å². The zero-order valence-electron chi connectivity index (χ0n) is 13.3. The number of aryl methyl sites for hydroxylation is 1. The first-order valence-electron chi connectivity index (χ1n) is 7.26. The van der Waals surface area contributed by atoms with Crippen molar-refractivity contribution in [3.63, 3.8) is 0 Å². The van der Waals surface area contributed by atoms with Gasteiger partial charge < -0.3 is 4.57 Å². The molecule has 10 heteroatoms. The van der Waals surface area contributed by atoms with Crippen LogP contribution in [0.5, 0.6) is 0 Å². The van der Waals surface area contributed by atoms with E-state index in [1.54, 1.807) is 13.0 Å². The number of hydrogen-bond acceptors (Lipinski definition) is 5. The van der Waals surface area contributed by atoms with E-state index < -0.39 is 11.9 Å². The molecule has 0 amide bonds. The van der Waals surface area contributed by atoms with Crippen molar-refractivity contribution in [1.29, 1.82) is 5.26 Å². The molecular formula is C16H10ClF3N6. The Morgan fingerprint density at radius 2 is 1.88 bits per heavy atom. The number of aromatic nitrogens is 5. The van der Waals surface area contributed by atoms with Gasteiger partial charge >= 0.3 is 6.18 Å². The second-order valence-corrected chi connectivity index (χ2v) is 5.83. The van der Waals surface area contributed by atoms with Gasteiger partial charge in [-0.25, -0.2) is 19.9 Å². The molecule has 0 aliphatic rings. The Balaban J connectivity index is 2.08. The number of nitrogens with zero attached hydrogens (tertiary/aromatic N) is 6. The van der Waals surface area contributed by atoms with Crippen molar-refractivity contribution >= 4 is 11.6 Å². The lowest BCUT2D eigenvalue weighted by molar-refractivity contribution is -0.140. The monoisotopic (exact) mass is 378 g/mol. The Hall–Kier alpha value is -2.99. The van der Waals surface area contributed by atoms with Gasteiger partial charge in [-0.2, -0.15) is 18.4 Å². The molecule has 0 unspecified atom stereocenters. The fourth-order valence-corrected chi connectivity index (χ4v) is 2.39. The molecule has 0 aliphatic heterocycles. The van der Waals surface area contributed by atoms with Crippen molar-refractivity contribution in [2.45, 2.75) is 19.6 Å². The third-order valence-electron chi connectivity index (χ3n) is 3.49. The summed E-state index contributed by atoms with van der Waals surface area (Å²) in [6.07, 6.45) is 0.321. The van der Waals surface area contributed by atoms with E-state index in [1.807, 2.05) is 6.07 Å². The van der Waals surface area contributed by atoms with Crippen LogP contribution in [0.25, 0.3) is 11.4 Å². The summed E-state index contributed by atoms with van der Waals surface area (Å²) in [5.74, 6) is 0.330. The molecule has 0 atom stereocenters. The molecule has 0 spiro atoms. The van der Waals surface area contributed by atoms with Crippen molar-refractivity contribution in [3.05, 3.63) is 58.7 Å². The van der Waals surface area contributed by atoms with Gasteiger partial charge in [-0.05, 0) is 18.6 Å². The minimum Gasteiger partial charge on any atom is -0.323 e. The van der Waals surface area contributed by atoms with Crippen LogP contribution in [0.1, 0.15) is 22.8 Å². The van der Waals surface area contributed by atoms with Crippen LogP contribution in [0.2, 0.25) is 5.02 Å². The molecule has 0 aromatic carbocycles. The molecule has 0 radical (unpaired) electrons. The summed E-state index contributed by atoms with van der Waals surface area (Å²) < 4.78 is 40.6. The molecule has 0 N–H and O–H groups in total. The maximum Gasteiger partial charge on any atom is 0.434 e. The minimum absolute atomic E-state index is 0.0331. The Kier molecular flexibility index (Phi) is 4.61. The first-order valence-corrected chi connectivity index (χ1v) is 7.63. The number of rotatable bonds is 3. The predicted molar refractivity (Wildman–Crippen MR) is 86.1 cm³/mol. The van der Waals surface area contributed by atoms with Crippen molar-refractivity contribution in [3.8, 4) is 17.5 Å². The van der Waals surface area contributed by atoms with Gasteiger partial charge in [-0.1, -0.05) is 11.6 Å². The highest BCUT2D eigenvalue weighted by molar-refractivity contribution is 6.30. The third kappa shape index (κ3) is 3.65. The van der Waals surface area contributed by atoms with Crippen LogP contribution < -0.4 is 0 Å². The maximum absolute atomic E-state index is 13.1. The average Bonchev–Trinajstić information content (AvgIpc) is 3.01. The molecule has 0 saturated heterocycles. The van der Waals surface area contributed by atoms with Gasteiger partial charge in [0.1, 0.15) is 23.4 Å². The zero-order chi connectivity index (χ0) is 18.9. The van der Waals surface area contributed by atoms with Gasteiger partial charge in [-0.3, -0.25) is 0 Å². The van der Waals surface area contributed by atoms with Gasteiger partial charge in [0, 0.05) is 30.4 Å². The number of hydrogen-bond donors (Lipinski definition) is 0. The predicted octanol–water partition coefficient (Wildman–Crippen LogP) is 3.64. The fourth-order valence-electron chi connectivity index (χ4n) is 2.29. The molecule has 6 nitrogen and oxygen atoms in total. The van der Waals surface area contributed by atoms with Crippen LogP contribution in [-0.2, 0) is 12.7 Å². The molecule has 3 aromatic heterocycles. The lowest BCUT2D eigenvalue weighted by Crippen LogP contribution is -2.06. The maximum atomic E-state index is 13.1. The van der Waals surface area contributed by atoms with Crippen LogP contribution in [-0.4, -0.2) is 24.5 Å².